The van der Waals surface area contributed by atoms with E-state index in [1.54, 1.807) is 0 Å². The van der Waals surface area contributed by atoms with Crippen molar-refractivity contribution in [2.75, 3.05) is 26.3 Å². The molecule has 0 spiro atoms. The van der Waals surface area contributed by atoms with Crippen LogP contribution in [0.4, 0.5) is 0 Å². The monoisotopic (exact) mass is 262 g/mol. The van der Waals surface area contributed by atoms with Gasteiger partial charge in [-0.15, -0.1) is 0 Å². The zero-order valence-electron chi connectivity index (χ0n) is 9.77. The lowest BCUT2D eigenvalue weighted by Gasteiger charge is -2.36. The average Bonchev–Trinajstić information content (AvgIpc) is 2.35. The van der Waals surface area contributed by atoms with Crippen molar-refractivity contribution in [3.05, 3.63) is 10.4 Å². The second-order valence-corrected chi connectivity index (χ2v) is 3.80. The van der Waals surface area contributed by atoms with E-state index in [1.165, 1.54) is 4.90 Å². The minimum atomic E-state index is -1.33. The van der Waals surface area contributed by atoms with Crippen LogP contribution in [-0.4, -0.2) is 74.9 Å². The molecule has 0 radical (unpaired) electrons. The predicted molar refractivity (Wildman–Crippen MR) is 63.2 cm³/mol. The van der Waals surface area contributed by atoms with Crippen LogP contribution in [0.5, 0.6) is 0 Å². The number of amidine groups is 2. The molecular formula is C8H18N6O4. The number of aliphatic hydroxyl groups excluding tert-OH is 2. The Hall–Kier alpha value is -1.62. The SMILES string of the molecule is NC1=[N+]([O-])C(N)C(N)=[N+]([O-])C1N(CCO)CCO. The van der Waals surface area contributed by atoms with Gasteiger partial charge in [-0.2, -0.15) is 0 Å². The number of hydrogen-bond acceptors (Lipinski definition) is 8. The van der Waals surface area contributed by atoms with Crippen molar-refractivity contribution >= 4 is 11.7 Å². The molecule has 0 fully saturated rings. The van der Waals surface area contributed by atoms with Crippen molar-refractivity contribution in [2.24, 2.45) is 17.2 Å². The molecule has 2 unspecified atom stereocenters. The van der Waals surface area contributed by atoms with Gasteiger partial charge in [-0.3, -0.25) is 17.2 Å². The van der Waals surface area contributed by atoms with E-state index in [0.29, 0.717) is 4.74 Å². The first kappa shape index (κ1) is 14.4. The van der Waals surface area contributed by atoms with E-state index in [-0.39, 0.29) is 42.7 Å². The number of rotatable bonds is 5. The molecule has 0 aromatic carbocycles. The van der Waals surface area contributed by atoms with Crippen molar-refractivity contribution in [2.45, 2.75) is 12.3 Å². The lowest BCUT2D eigenvalue weighted by molar-refractivity contribution is -0.576. The predicted octanol–water partition coefficient (Wildman–Crippen LogP) is -4.37. The van der Waals surface area contributed by atoms with Gasteiger partial charge in [-0.25, -0.2) is 14.4 Å². The molecule has 0 bridgehead atoms. The van der Waals surface area contributed by atoms with Crippen LogP contribution in [0, 0.1) is 10.4 Å². The number of nitrogens with zero attached hydrogens (tertiary/aromatic N) is 3. The van der Waals surface area contributed by atoms with Gasteiger partial charge >= 0.3 is 11.7 Å². The summed E-state index contributed by atoms with van der Waals surface area (Å²) in [5.41, 5.74) is 16.4. The highest BCUT2D eigenvalue weighted by Crippen LogP contribution is 2.06. The maximum Gasteiger partial charge on any atom is 0.310 e. The Morgan fingerprint density at radius 2 is 1.56 bits per heavy atom. The fourth-order valence-corrected chi connectivity index (χ4v) is 1.73. The highest BCUT2D eigenvalue weighted by molar-refractivity contribution is 5.87. The largest absolute Gasteiger partial charge is 0.714 e. The third-order valence-corrected chi connectivity index (χ3v) is 2.67. The molecule has 1 heterocycles. The summed E-state index contributed by atoms with van der Waals surface area (Å²) in [6.45, 7) is -0.410. The van der Waals surface area contributed by atoms with Crippen molar-refractivity contribution in [1.29, 1.82) is 0 Å². The van der Waals surface area contributed by atoms with Crippen LogP contribution in [0.2, 0.25) is 0 Å². The van der Waals surface area contributed by atoms with Crippen LogP contribution in [0.25, 0.3) is 0 Å². The Morgan fingerprint density at radius 3 is 2.00 bits per heavy atom. The van der Waals surface area contributed by atoms with Gasteiger partial charge in [0.05, 0.1) is 13.2 Å². The zero-order valence-corrected chi connectivity index (χ0v) is 9.77. The summed E-state index contributed by atoms with van der Waals surface area (Å²) in [5.74, 6) is -0.696. The number of aliphatic hydroxyl groups is 2. The smallest absolute Gasteiger partial charge is 0.310 e. The maximum absolute atomic E-state index is 11.9. The Bertz CT molecular complexity index is 339. The minimum Gasteiger partial charge on any atom is -0.714 e. The lowest BCUT2D eigenvalue weighted by Crippen LogP contribution is -2.65. The summed E-state index contributed by atoms with van der Waals surface area (Å²) in [5, 5.41) is 41.3. The van der Waals surface area contributed by atoms with E-state index in [1.807, 2.05) is 0 Å². The summed E-state index contributed by atoms with van der Waals surface area (Å²) in [6, 6.07) is 0. The first-order valence-electron chi connectivity index (χ1n) is 5.34. The molecule has 8 N–H and O–H groups in total. The van der Waals surface area contributed by atoms with Gasteiger partial charge in [0.25, 0.3) is 6.17 Å². The quantitative estimate of drug-likeness (QED) is 0.244. The second kappa shape index (κ2) is 5.82. The van der Waals surface area contributed by atoms with Crippen molar-refractivity contribution in [3.63, 3.8) is 0 Å². The van der Waals surface area contributed by atoms with Crippen molar-refractivity contribution in [3.8, 4) is 0 Å². The van der Waals surface area contributed by atoms with E-state index in [9.17, 15) is 10.4 Å². The van der Waals surface area contributed by atoms with Gasteiger partial charge in [0.2, 0.25) is 6.17 Å². The standard InChI is InChI=1S/C8H18N6O4/c9-5-6(10)14(18)8(7(11)13(5)17)12(1-3-15)2-4-16/h5,8,15-16H,1-4,9-11H2. The molecule has 0 amide bonds. The Labute approximate surface area is 103 Å². The van der Waals surface area contributed by atoms with Gasteiger partial charge in [0, 0.05) is 13.1 Å². The average molecular weight is 262 g/mol. The number of nitrogens with two attached hydrogens (primary N) is 3. The molecule has 0 saturated heterocycles. The summed E-state index contributed by atoms with van der Waals surface area (Å²) in [4.78, 5) is 1.34. The Balaban J connectivity index is 3.10. The summed E-state index contributed by atoms with van der Waals surface area (Å²) >= 11 is 0. The van der Waals surface area contributed by atoms with Gasteiger partial charge in [0.15, 0.2) is 0 Å². The molecular weight excluding hydrogens is 244 g/mol. The highest BCUT2D eigenvalue weighted by atomic mass is 16.5. The highest BCUT2D eigenvalue weighted by Gasteiger charge is 2.39. The van der Waals surface area contributed by atoms with E-state index >= 15 is 0 Å². The molecule has 104 valence electrons. The molecule has 0 aromatic rings. The molecule has 2 atom stereocenters. The van der Waals surface area contributed by atoms with Crippen LogP contribution in [0.3, 0.4) is 0 Å². The zero-order chi connectivity index (χ0) is 13.9. The van der Waals surface area contributed by atoms with Crippen molar-refractivity contribution in [1.82, 2.24) is 4.90 Å². The summed E-state index contributed by atoms with van der Waals surface area (Å²) < 4.78 is 0.565. The second-order valence-electron chi connectivity index (χ2n) is 3.80. The molecule has 0 aromatic heterocycles. The molecule has 0 saturated carbocycles. The van der Waals surface area contributed by atoms with Crippen LogP contribution in [-0.2, 0) is 0 Å². The molecule has 1 rings (SSSR count). The number of hydrogen-bond donors (Lipinski definition) is 5. The van der Waals surface area contributed by atoms with Gasteiger partial charge in [0.1, 0.15) is 0 Å². The molecule has 1 aliphatic heterocycles. The summed E-state index contributed by atoms with van der Waals surface area (Å²) in [6.07, 6.45) is -2.51. The van der Waals surface area contributed by atoms with Gasteiger partial charge in [-0.05, 0) is 0 Å². The van der Waals surface area contributed by atoms with Gasteiger partial charge < -0.3 is 20.6 Å². The number of hydroxylamine groups is 2. The van der Waals surface area contributed by atoms with Crippen LogP contribution >= 0.6 is 0 Å². The van der Waals surface area contributed by atoms with E-state index in [4.69, 9.17) is 27.4 Å². The summed E-state index contributed by atoms with van der Waals surface area (Å²) in [7, 11) is 0. The van der Waals surface area contributed by atoms with Crippen molar-refractivity contribution < 1.29 is 19.7 Å². The fourth-order valence-electron chi connectivity index (χ4n) is 1.73. The fraction of sp³-hybridized carbons (Fsp3) is 0.750. The molecule has 18 heavy (non-hydrogen) atoms. The molecule has 0 aliphatic carbocycles. The normalized spacial score (nSPS) is 25.1. The first-order chi connectivity index (χ1) is 8.45. The Morgan fingerprint density at radius 1 is 1.06 bits per heavy atom. The van der Waals surface area contributed by atoms with Crippen LogP contribution in [0.15, 0.2) is 0 Å². The van der Waals surface area contributed by atoms with E-state index in [2.05, 4.69) is 0 Å². The minimum absolute atomic E-state index is 0.0566. The molecule has 10 nitrogen and oxygen atoms in total. The van der Waals surface area contributed by atoms with E-state index in [0.717, 1.165) is 0 Å². The molecule has 1 aliphatic rings. The third-order valence-electron chi connectivity index (χ3n) is 2.67. The third kappa shape index (κ3) is 2.46. The Kier molecular flexibility index (Phi) is 4.67. The lowest BCUT2D eigenvalue weighted by atomic mass is 10.3. The van der Waals surface area contributed by atoms with E-state index < -0.39 is 12.3 Å². The topological polar surface area (TPSA) is 174 Å². The van der Waals surface area contributed by atoms with Crippen LogP contribution < -0.4 is 17.2 Å². The maximum atomic E-state index is 11.9. The first-order valence-corrected chi connectivity index (χ1v) is 5.34. The van der Waals surface area contributed by atoms with Crippen LogP contribution in [0.1, 0.15) is 0 Å². The van der Waals surface area contributed by atoms with Gasteiger partial charge in [-0.1, -0.05) is 0 Å². The molecule has 10 heteroatoms.